The highest BCUT2D eigenvalue weighted by Crippen LogP contribution is 2.12. The van der Waals surface area contributed by atoms with Crippen molar-refractivity contribution in [3.8, 4) is 0 Å². The van der Waals surface area contributed by atoms with Gasteiger partial charge in [-0.25, -0.2) is 0 Å². The molecule has 0 aliphatic carbocycles. The molecule has 3 rings (SSSR count). The van der Waals surface area contributed by atoms with Crippen LogP contribution in [0.1, 0.15) is 10.6 Å². The molecule has 2 heterocycles. The van der Waals surface area contributed by atoms with E-state index in [9.17, 15) is 4.79 Å². The molecule has 1 aromatic heterocycles. The van der Waals surface area contributed by atoms with Crippen LogP contribution >= 0.6 is 11.3 Å². The summed E-state index contributed by atoms with van der Waals surface area (Å²) in [4.78, 5) is 15.0. The molecular formula is C16H23N5OS+2. The molecule has 3 N–H and O–H groups in total. The van der Waals surface area contributed by atoms with Crippen molar-refractivity contribution in [1.82, 2.24) is 10.2 Å². The molecule has 0 radical (unpaired) electrons. The molecule has 1 aliphatic heterocycles. The Kier molecular flexibility index (Phi) is 5.32. The Morgan fingerprint density at radius 3 is 2.48 bits per heavy atom. The van der Waals surface area contributed by atoms with E-state index in [1.165, 1.54) is 21.8 Å². The predicted octanol–water partition coefficient (Wildman–Crippen LogP) is -1.23. The minimum absolute atomic E-state index is 0.0302. The number of quaternary nitrogens is 2. The van der Waals surface area contributed by atoms with Gasteiger partial charge in [0, 0.05) is 5.56 Å². The Balaban J connectivity index is 1.41. The molecule has 1 fully saturated rings. The summed E-state index contributed by atoms with van der Waals surface area (Å²) in [5.74, 6) is 0.0302. The van der Waals surface area contributed by atoms with Crippen molar-refractivity contribution >= 4 is 22.4 Å². The van der Waals surface area contributed by atoms with Gasteiger partial charge in [0.25, 0.3) is 5.91 Å². The summed E-state index contributed by atoms with van der Waals surface area (Å²) in [7, 11) is 0. The summed E-state index contributed by atoms with van der Waals surface area (Å²) in [5.41, 5.74) is 1.38. The molecule has 122 valence electrons. The summed E-state index contributed by atoms with van der Waals surface area (Å²) in [6.45, 7) is 7.75. The first-order chi connectivity index (χ1) is 11.2. The summed E-state index contributed by atoms with van der Waals surface area (Å²) < 4.78 is 0. The monoisotopic (exact) mass is 333 g/mol. The van der Waals surface area contributed by atoms with Crippen LogP contribution in [0.25, 0.3) is 0 Å². The highest BCUT2D eigenvalue weighted by Gasteiger charge is 2.25. The Morgan fingerprint density at radius 1 is 1.13 bits per heavy atom. The fourth-order valence-electron chi connectivity index (χ4n) is 2.93. The molecule has 2 aromatic rings. The number of carbonyl (C=O) groups excluding carboxylic acids is 1. The summed E-state index contributed by atoms with van der Waals surface area (Å²) in [6.07, 6.45) is 0. The van der Waals surface area contributed by atoms with Crippen molar-refractivity contribution in [2.75, 3.05) is 38.0 Å². The number of aryl methyl sites for hydroxylation is 1. The molecule has 0 unspecified atom stereocenters. The minimum atomic E-state index is 0.0302. The summed E-state index contributed by atoms with van der Waals surface area (Å²) in [6, 6.07) is 10.6. The number of nitrogens with one attached hydrogen (secondary N) is 3. The van der Waals surface area contributed by atoms with Gasteiger partial charge in [-0.15, -0.1) is 10.2 Å². The van der Waals surface area contributed by atoms with Gasteiger partial charge in [0.2, 0.25) is 5.13 Å². The lowest BCUT2D eigenvalue weighted by atomic mass is 10.2. The maximum Gasteiger partial charge on any atom is 0.281 e. The van der Waals surface area contributed by atoms with Crippen molar-refractivity contribution < 1.29 is 14.6 Å². The van der Waals surface area contributed by atoms with Crippen LogP contribution in [0.4, 0.5) is 5.13 Å². The highest BCUT2D eigenvalue weighted by molar-refractivity contribution is 7.15. The summed E-state index contributed by atoms with van der Waals surface area (Å²) >= 11 is 1.41. The molecule has 6 nitrogen and oxygen atoms in total. The molecule has 7 heteroatoms. The van der Waals surface area contributed by atoms with E-state index in [-0.39, 0.29) is 5.91 Å². The highest BCUT2D eigenvalue weighted by atomic mass is 32.1. The maximum atomic E-state index is 12.1. The zero-order valence-electron chi connectivity index (χ0n) is 13.3. The number of benzene rings is 1. The lowest BCUT2D eigenvalue weighted by molar-refractivity contribution is -1.02. The molecule has 1 amide bonds. The van der Waals surface area contributed by atoms with Crippen molar-refractivity contribution in [3.05, 3.63) is 40.9 Å². The second-order valence-electron chi connectivity index (χ2n) is 6.01. The van der Waals surface area contributed by atoms with E-state index in [2.05, 4.69) is 45.8 Å². The molecule has 0 saturated carbocycles. The number of aromatic nitrogens is 2. The van der Waals surface area contributed by atoms with Crippen LogP contribution in [0.3, 0.4) is 0 Å². The first-order valence-electron chi connectivity index (χ1n) is 8.00. The van der Waals surface area contributed by atoms with Gasteiger partial charge in [0.1, 0.15) is 37.7 Å². The average molecular weight is 333 g/mol. The van der Waals surface area contributed by atoms with Gasteiger partial charge in [0.15, 0.2) is 6.54 Å². The van der Waals surface area contributed by atoms with Gasteiger partial charge in [-0.05, 0) is 6.92 Å². The lowest BCUT2D eigenvalue weighted by Gasteiger charge is -2.29. The number of anilines is 1. The zero-order valence-corrected chi connectivity index (χ0v) is 14.2. The normalized spacial score (nSPS) is 21.1. The lowest BCUT2D eigenvalue weighted by Crippen LogP contribution is -3.28. The van der Waals surface area contributed by atoms with Crippen molar-refractivity contribution in [3.63, 3.8) is 0 Å². The first-order valence-corrected chi connectivity index (χ1v) is 8.82. The minimum Gasteiger partial charge on any atom is -0.322 e. The fraction of sp³-hybridized carbons (Fsp3) is 0.438. The smallest absolute Gasteiger partial charge is 0.281 e. The van der Waals surface area contributed by atoms with Gasteiger partial charge in [-0.3, -0.25) is 10.1 Å². The largest absolute Gasteiger partial charge is 0.322 e. The molecule has 1 saturated heterocycles. The molecule has 0 bridgehead atoms. The molecule has 23 heavy (non-hydrogen) atoms. The molecule has 0 spiro atoms. The maximum absolute atomic E-state index is 12.1. The van der Waals surface area contributed by atoms with E-state index in [1.54, 1.807) is 4.90 Å². The Bertz CT molecular complexity index is 637. The second kappa shape index (κ2) is 7.63. The van der Waals surface area contributed by atoms with E-state index in [4.69, 9.17) is 0 Å². The van der Waals surface area contributed by atoms with Crippen LogP contribution < -0.4 is 15.1 Å². The number of amides is 1. The van der Waals surface area contributed by atoms with Gasteiger partial charge < -0.3 is 9.80 Å². The number of carbonyl (C=O) groups is 1. The van der Waals surface area contributed by atoms with Crippen LogP contribution in [-0.2, 0) is 11.3 Å². The second-order valence-corrected chi connectivity index (χ2v) is 7.20. The number of piperazine rings is 1. The number of hydrogen-bond acceptors (Lipinski definition) is 4. The Labute approximate surface area is 140 Å². The van der Waals surface area contributed by atoms with Gasteiger partial charge in [-0.2, -0.15) is 0 Å². The SMILES string of the molecule is Cc1nnc(NC(=O)C[NH+]2CC[NH+](Cc3ccccc3)CC2)s1. The topological polar surface area (TPSA) is 63.8 Å². The summed E-state index contributed by atoms with van der Waals surface area (Å²) in [5, 5.41) is 12.1. The predicted molar refractivity (Wildman–Crippen MR) is 89.7 cm³/mol. The number of hydrogen-bond donors (Lipinski definition) is 3. The van der Waals surface area contributed by atoms with Crippen LogP contribution in [0.15, 0.2) is 30.3 Å². The quantitative estimate of drug-likeness (QED) is 0.642. The van der Waals surface area contributed by atoms with Crippen molar-refractivity contribution in [2.45, 2.75) is 13.5 Å². The standard InChI is InChI=1S/C16H21N5OS/c1-13-18-19-16(23-13)17-15(22)12-21-9-7-20(8-10-21)11-14-5-3-2-4-6-14/h2-6H,7-12H2,1H3,(H,17,19,22)/p+2. The van der Waals surface area contributed by atoms with E-state index >= 15 is 0 Å². The van der Waals surface area contributed by atoms with E-state index < -0.39 is 0 Å². The van der Waals surface area contributed by atoms with Crippen LogP contribution in [0.2, 0.25) is 0 Å². The van der Waals surface area contributed by atoms with E-state index in [1.807, 2.05) is 6.92 Å². The van der Waals surface area contributed by atoms with Gasteiger partial charge in [0.05, 0.1) is 0 Å². The van der Waals surface area contributed by atoms with Gasteiger partial charge >= 0.3 is 0 Å². The molecule has 1 aliphatic rings. The first kappa shape index (κ1) is 16.0. The van der Waals surface area contributed by atoms with Gasteiger partial charge in [-0.1, -0.05) is 41.7 Å². The van der Waals surface area contributed by atoms with Crippen molar-refractivity contribution in [1.29, 1.82) is 0 Å². The third-order valence-corrected chi connectivity index (χ3v) is 4.90. The Morgan fingerprint density at radius 2 is 1.83 bits per heavy atom. The molecule has 0 atom stereocenters. The molecule has 1 aromatic carbocycles. The van der Waals surface area contributed by atoms with Crippen LogP contribution in [0, 0.1) is 6.92 Å². The Hall–Kier alpha value is -1.83. The zero-order chi connectivity index (χ0) is 16.1. The number of rotatable bonds is 5. The third-order valence-electron chi connectivity index (χ3n) is 4.14. The number of nitrogens with zero attached hydrogens (tertiary/aromatic N) is 2. The van der Waals surface area contributed by atoms with Crippen molar-refractivity contribution in [2.24, 2.45) is 0 Å². The molecular weight excluding hydrogens is 310 g/mol. The van der Waals surface area contributed by atoms with E-state index in [0.29, 0.717) is 11.7 Å². The van der Waals surface area contributed by atoms with Crippen LogP contribution in [-0.4, -0.2) is 48.8 Å². The van der Waals surface area contributed by atoms with Crippen LogP contribution in [0.5, 0.6) is 0 Å². The average Bonchev–Trinajstić information content (AvgIpc) is 2.95. The van der Waals surface area contributed by atoms with E-state index in [0.717, 1.165) is 37.7 Å². The fourth-order valence-corrected chi connectivity index (χ4v) is 3.54. The third kappa shape index (κ3) is 4.82.